The van der Waals surface area contributed by atoms with E-state index < -0.39 is 0 Å². The first kappa shape index (κ1) is 13.8. The Morgan fingerprint density at radius 2 is 2.35 bits per heavy atom. The third-order valence-electron chi connectivity index (χ3n) is 4.32. The molecule has 106 valence electrons. The topological polar surface area (TPSA) is 58.0 Å². The summed E-state index contributed by atoms with van der Waals surface area (Å²) in [7, 11) is 0. The lowest BCUT2D eigenvalue weighted by atomic mass is 9.85. The van der Waals surface area contributed by atoms with Gasteiger partial charge in [-0.2, -0.15) is 0 Å². The number of nitrogens with one attached hydrogen (secondary N) is 1. The number of anilines is 1. The van der Waals surface area contributed by atoms with Crippen molar-refractivity contribution < 1.29 is 5.11 Å². The molecule has 2 unspecified atom stereocenters. The Bertz CT molecular complexity index is 634. The van der Waals surface area contributed by atoms with Crippen LogP contribution in [0.25, 0.3) is 11.0 Å². The summed E-state index contributed by atoms with van der Waals surface area (Å²) in [5, 5.41) is 13.2. The van der Waals surface area contributed by atoms with Crippen LogP contribution in [0.4, 0.5) is 5.69 Å². The Morgan fingerprint density at radius 1 is 1.50 bits per heavy atom. The second-order valence-electron chi connectivity index (χ2n) is 5.78. The highest BCUT2D eigenvalue weighted by Crippen LogP contribution is 2.39. The van der Waals surface area contributed by atoms with Gasteiger partial charge < -0.3 is 10.4 Å². The van der Waals surface area contributed by atoms with Crippen LogP contribution in [0.3, 0.4) is 0 Å². The molecule has 0 aliphatic heterocycles. The summed E-state index contributed by atoms with van der Waals surface area (Å²) in [4.78, 5) is 8.81. The molecule has 1 saturated carbocycles. The van der Waals surface area contributed by atoms with Crippen molar-refractivity contribution in [1.29, 1.82) is 0 Å². The predicted octanol–water partition coefficient (Wildman–Crippen LogP) is 3.36. The monoisotopic (exact) mass is 335 g/mol. The number of pyridine rings is 2. The fourth-order valence-electron chi connectivity index (χ4n) is 2.98. The van der Waals surface area contributed by atoms with E-state index in [9.17, 15) is 5.11 Å². The SMILES string of the molecule is CC1(CO)CCCC1Nc1ccnc2cc(Br)cnc12. The first-order valence-corrected chi connectivity index (χ1v) is 7.69. The number of hydrogen-bond acceptors (Lipinski definition) is 4. The van der Waals surface area contributed by atoms with E-state index in [-0.39, 0.29) is 18.1 Å². The van der Waals surface area contributed by atoms with Crippen molar-refractivity contribution in [3.05, 3.63) is 29.0 Å². The lowest BCUT2D eigenvalue weighted by Crippen LogP contribution is -2.36. The zero-order valence-corrected chi connectivity index (χ0v) is 13.0. The van der Waals surface area contributed by atoms with Crippen molar-refractivity contribution in [2.24, 2.45) is 5.41 Å². The van der Waals surface area contributed by atoms with Crippen LogP contribution in [0.1, 0.15) is 26.2 Å². The summed E-state index contributed by atoms with van der Waals surface area (Å²) in [6.07, 6.45) is 6.87. The molecule has 20 heavy (non-hydrogen) atoms. The number of aliphatic hydroxyl groups is 1. The quantitative estimate of drug-likeness (QED) is 0.902. The van der Waals surface area contributed by atoms with Crippen molar-refractivity contribution in [2.45, 2.75) is 32.2 Å². The number of fused-ring (bicyclic) bond motifs is 1. The fourth-order valence-corrected chi connectivity index (χ4v) is 3.30. The smallest absolute Gasteiger partial charge is 0.112 e. The molecular formula is C15H18BrN3O. The Morgan fingerprint density at radius 3 is 3.15 bits per heavy atom. The molecule has 4 nitrogen and oxygen atoms in total. The molecule has 0 radical (unpaired) electrons. The lowest BCUT2D eigenvalue weighted by Gasteiger charge is -2.31. The molecular weight excluding hydrogens is 318 g/mol. The Balaban J connectivity index is 1.95. The maximum absolute atomic E-state index is 9.65. The first-order valence-electron chi connectivity index (χ1n) is 6.90. The van der Waals surface area contributed by atoms with Crippen molar-refractivity contribution in [1.82, 2.24) is 9.97 Å². The van der Waals surface area contributed by atoms with E-state index in [1.165, 1.54) is 0 Å². The first-order chi connectivity index (χ1) is 9.62. The van der Waals surface area contributed by atoms with Gasteiger partial charge in [0.1, 0.15) is 5.52 Å². The van der Waals surface area contributed by atoms with Crippen LogP contribution in [-0.4, -0.2) is 27.7 Å². The van der Waals surface area contributed by atoms with E-state index in [1.807, 2.05) is 12.1 Å². The molecule has 2 aromatic rings. The standard InChI is InChI=1S/C15H18BrN3O/c1-15(9-20)5-2-3-13(15)19-11-4-6-17-12-7-10(16)8-18-14(11)12/h4,6-8,13,20H,2-3,5,9H2,1H3,(H,17,19). The Hall–Kier alpha value is -1.20. The molecule has 0 saturated heterocycles. The summed E-state index contributed by atoms with van der Waals surface area (Å²) in [6, 6.07) is 4.20. The Kier molecular flexibility index (Phi) is 3.65. The molecule has 1 aliphatic carbocycles. The van der Waals surface area contributed by atoms with E-state index in [0.717, 1.165) is 40.5 Å². The number of hydrogen-bond donors (Lipinski definition) is 2. The molecule has 1 fully saturated rings. The summed E-state index contributed by atoms with van der Waals surface area (Å²) in [5.41, 5.74) is 2.69. The highest BCUT2D eigenvalue weighted by Gasteiger charge is 2.38. The second kappa shape index (κ2) is 5.30. The number of aliphatic hydroxyl groups excluding tert-OH is 1. The third kappa shape index (κ3) is 2.40. The van der Waals surface area contributed by atoms with Gasteiger partial charge in [0.15, 0.2) is 0 Å². The van der Waals surface area contributed by atoms with Crippen molar-refractivity contribution in [2.75, 3.05) is 11.9 Å². The summed E-state index contributed by atoms with van der Waals surface area (Å²) >= 11 is 3.42. The van der Waals surface area contributed by atoms with Crippen LogP contribution in [0, 0.1) is 5.41 Å². The van der Waals surface area contributed by atoms with E-state index in [2.05, 4.69) is 38.1 Å². The third-order valence-corrected chi connectivity index (χ3v) is 4.75. The molecule has 1 aliphatic rings. The molecule has 2 atom stereocenters. The zero-order chi connectivity index (χ0) is 14.2. The largest absolute Gasteiger partial charge is 0.396 e. The van der Waals surface area contributed by atoms with Gasteiger partial charge in [0.05, 0.1) is 17.8 Å². The average Bonchev–Trinajstić information content (AvgIpc) is 2.81. The van der Waals surface area contributed by atoms with Gasteiger partial charge >= 0.3 is 0 Å². The number of nitrogens with zero attached hydrogens (tertiary/aromatic N) is 2. The van der Waals surface area contributed by atoms with Crippen LogP contribution in [0.15, 0.2) is 29.0 Å². The molecule has 2 N–H and O–H groups in total. The van der Waals surface area contributed by atoms with Crippen molar-refractivity contribution in [3.63, 3.8) is 0 Å². The highest BCUT2D eigenvalue weighted by molar-refractivity contribution is 9.10. The second-order valence-corrected chi connectivity index (χ2v) is 6.70. The van der Waals surface area contributed by atoms with Crippen molar-refractivity contribution in [3.8, 4) is 0 Å². The molecule has 0 spiro atoms. The maximum Gasteiger partial charge on any atom is 0.112 e. The van der Waals surface area contributed by atoms with Gasteiger partial charge in [-0.15, -0.1) is 0 Å². The van der Waals surface area contributed by atoms with Crippen LogP contribution in [0.2, 0.25) is 0 Å². The molecule has 0 amide bonds. The molecule has 0 aromatic carbocycles. The molecule has 3 rings (SSSR count). The minimum atomic E-state index is -0.0506. The van der Waals surface area contributed by atoms with Gasteiger partial charge in [-0.05, 0) is 40.9 Å². The number of halogens is 1. The van der Waals surface area contributed by atoms with Crippen LogP contribution < -0.4 is 5.32 Å². The van der Waals surface area contributed by atoms with Crippen LogP contribution in [-0.2, 0) is 0 Å². The summed E-state index contributed by atoms with van der Waals surface area (Å²) in [5.74, 6) is 0. The minimum Gasteiger partial charge on any atom is -0.396 e. The molecule has 0 bridgehead atoms. The van der Waals surface area contributed by atoms with Crippen LogP contribution >= 0.6 is 15.9 Å². The van der Waals surface area contributed by atoms with E-state index in [4.69, 9.17) is 0 Å². The van der Waals surface area contributed by atoms with Gasteiger partial charge in [0.25, 0.3) is 0 Å². The van der Waals surface area contributed by atoms with Gasteiger partial charge in [-0.1, -0.05) is 13.3 Å². The zero-order valence-electron chi connectivity index (χ0n) is 11.4. The normalized spacial score (nSPS) is 26.1. The van der Waals surface area contributed by atoms with Crippen molar-refractivity contribution >= 4 is 32.7 Å². The molecule has 2 heterocycles. The van der Waals surface area contributed by atoms with Gasteiger partial charge in [0.2, 0.25) is 0 Å². The summed E-state index contributed by atoms with van der Waals surface area (Å²) in [6.45, 7) is 2.36. The lowest BCUT2D eigenvalue weighted by molar-refractivity contribution is 0.139. The van der Waals surface area contributed by atoms with E-state index >= 15 is 0 Å². The minimum absolute atomic E-state index is 0.0506. The fraction of sp³-hybridized carbons (Fsp3) is 0.467. The average molecular weight is 336 g/mol. The maximum atomic E-state index is 9.65. The Labute approximate surface area is 126 Å². The summed E-state index contributed by atoms with van der Waals surface area (Å²) < 4.78 is 0.927. The van der Waals surface area contributed by atoms with Gasteiger partial charge in [-0.3, -0.25) is 9.97 Å². The van der Waals surface area contributed by atoms with Gasteiger partial charge in [0, 0.05) is 28.3 Å². The van der Waals surface area contributed by atoms with E-state index in [1.54, 1.807) is 12.4 Å². The van der Waals surface area contributed by atoms with Gasteiger partial charge in [-0.25, -0.2) is 0 Å². The number of rotatable bonds is 3. The molecule has 2 aromatic heterocycles. The molecule has 5 heteroatoms. The van der Waals surface area contributed by atoms with Crippen LogP contribution in [0.5, 0.6) is 0 Å². The predicted molar refractivity (Wildman–Crippen MR) is 83.7 cm³/mol. The van der Waals surface area contributed by atoms with E-state index in [0.29, 0.717) is 0 Å². The number of aromatic nitrogens is 2. The highest BCUT2D eigenvalue weighted by atomic mass is 79.9.